The van der Waals surface area contributed by atoms with Gasteiger partial charge in [0.25, 0.3) is 0 Å². The third-order valence-electron chi connectivity index (χ3n) is 3.39. The lowest BCUT2D eigenvalue weighted by Gasteiger charge is -2.27. The zero-order valence-corrected chi connectivity index (χ0v) is 13.0. The Bertz CT molecular complexity index is 549. The van der Waals surface area contributed by atoms with Crippen LogP contribution in [0.1, 0.15) is 19.3 Å². The first-order chi connectivity index (χ1) is 11.0. The van der Waals surface area contributed by atoms with Crippen molar-refractivity contribution in [3.63, 3.8) is 0 Å². The Labute approximate surface area is 133 Å². The summed E-state index contributed by atoms with van der Waals surface area (Å²) in [5, 5.41) is 16.7. The van der Waals surface area contributed by atoms with Crippen molar-refractivity contribution in [3.8, 4) is 0 Å². The molecule has 10 nitrogen and oxygen atoms in total. The first-order valence-corrected chi connectivity index (χ1v) is 7.14. The van der Waals surface area contributed by atoms with Crippen LogP contribution in [0, 0.1) is 5.21 Å². The molecule has 2 heterocycles. The summed E-state index contributed by atoms with van der Waals surface area (Å²) in [6, 6.07) is 1.44. The van der Waals surface area contributed by atoms with Crippen molar-refractivity contribution in [3.05, 3.63) is 11.3 Å². The Morgan fingerprint density at radius 2 is 1.78 bits per heavy atom. The van der Waals surface area contributed by atoms with Gasteiger partial charge in [-0.05, 0) is 19.3 Å². The van der Waals surface area contributed by atoms with Gasteiger partial charge in [0, 0.05) is 13.1 Å². The maximum absolute atomic E-state index is 12.2. The molecular formula is C13H19N5O5. The lowest BCUT2D eigenvalue weighted by Crippen LogP contribution is -2.40. The highest BCUT2D eigenvalue weighted by Gasteiger charge is 2.22. The fourth-order valence-electron chi connectivity index (χ4n) is 2.23. The minimum atomic E-state index is -0.832. The topological polar surface area (TPSA) is 120 Å². The van der Waals surface area contributed by atoms with E-state index in [0.29, 0.717) is 10.5 Å². The molecule has 0 aliphatic carbocycles. The number of aromatic nitrogens is 2. The molecule has 2 rings (SSSR count). The molecule has 1 saturated heterocycles. The monoisotopic (exact) mass is 325 g/mol. The highest BCUT2D eigenvalue weighted by molar-refractivity contribution is 5.84. The molecule has 1 aromatic heterocycles. The average molecular weight is 325 g/mol. The standard InChI is InChI=1S/C13H19N5O5/c1-22-12(19)15-10-8-9(17-6-4-3-5-7-17)14-11(18(10)21)16-13(20)23-2/h8H,3-7H2,1-2H3,(H,15,19)(H,14,16,20). The zero-order valence-electron chi connectivity index (χ0n) is 13.0. The summed E-state index contributed by atoms with van der Waals surface area (Å²) in [6.07, 6.45) is 1.52. The number of carbonyl (C=O) groups is 2. The Hall–Kier alpha value is -2.78. The first kappa shape index (κ1) is 16.6. The maximum atomic E-state index is 12.2. The molecule has 0 atom stereocenters. The molecule has 0 saturated carbocycles. The number of anilines is 3. The normalized spacial score (nSPS) is 14.1. The Morgan fingerprint density at radius 3 is 2.39 bits per heavy atom. The van der Waals surface area contributed by atoms with Gasteiger partial charge in [-0.3, -0.25) is 0 Å². The van der Waals surface area contributed by atoms with Crippen LogP contribution in [0.15, 0.2) is 6.07 Å². The van der Waals surface area contributed by atoms with Crippen LogP contribution in [0.25, 0.3) is 0 Å². The Morgan fingerprint density at radius 1 is 1.17 bits per heavy atom. The van der Waals surface area contributed by atoms with Gasteiger partial charge in [-0.2, -0.15) is 5.32 Å². The van der Waals surface area contributed by atoms with Crippen molar-refractivity contribution < 1.29 is 23.8 Å². The first-order valence-electron chi connectivity index (χ1n) is 7.14. The number of piperidine rings is 1. The van der Waals surface area contributed by atoms with Crippen molar-refractivity contribution >= 4 is 29.8 Å². The van der Waals surface area contributed by atoms with Crippen molar-refractivity contribution in [1.29, 1.82) is 0 Å². The minimum Gasteiger partial charge on any atom is -0.754 e. The second-order valence-corrected chi connectivity index (χ2v) is 4.90. The third-order valence-corrected chi connectivity index (χ3v) is 3.39. The smallest absolute Gasteiger partial charge is 0.460 e. The van der Waals surface area contributed by atoms with Crippen LogP contribution in [-0.4, -0.2) is 44.5 Å². The van der Waals surface area contributed by atoms with Gasteiger partial charge >= 0.3 is 18.1 Å². The Balaban J connectivity index is 2.36. The molecule has 126 valence electrons. The van der Waals surface area contributed by atoms with E-state index in [1.54, 1.807) is 0 Å². The molecule has 0 spiro atoms. The van der Waals surface area contributed by atoms with E-state index in [-0.39, 0.29) is 11.8 Å². The molecule has 0 aromatic carbocycles. The highest BCUT2D eigenvalue weighted by Crippen LogP contribution is 2.21. The fourth-order valence-corrected chi connectivity index (χ4v) is 2.23. The van der Waals surface area contributed by atoms with Crippen LogP contribution in [0.3, 0.4) is 0 Å². The van der Waals surface area contributed by atoms with E-state index in [1.807, 2.05) is 4.90 Å². The van der Waals surface area contributed by atoms with E-state index in [0.717, 1.165) is 32.4 Å². The summed E-state index contributed by atoms with van der Waals surface area (Å²) in [5.41, 5.74) is 0. The second kappa shape index (κ2) is 7.47. The van der Waals surface area contributed by atoms with Crippen molar-refractivity contribution in [2.75, 3.05) is 42.8 Å². The summed E-state index contributed by atoms with van der Waals surface area (Å²) in [6.45, 7) is 1.57. The van der Waals surface area contributed by atoms with Gasteiger partial charge in [0.1, 0.15) is 0 Å². The molecule has 2 N–H and O–H groups in total. The van der Waals surface area contributed by atoms with Crippen LogP contribution in [0.2, 0.25) is 0 Å². The number of hydrogen-bond donors (Lipinski definition) is 2. The number of methoxy groups -OCH3 is 2. The molecule has 1 aliphatic heterocycles. The van der Waals surface area contributed by atoms with Crippen LogP contribution in [0.5, 0.6) is 0 Å². The van der Waals surface area contributed by atoms with E-state index in [4.69, 9.17) is 0 Å². The Kier molecular flexibility index (Phi) is 5.39. The molecule has 23 heavy (non-hydrogen) atoms. The lowest BCUT2D eigenvalue weighted by molar-refractivity contribution is -0.577. The van der Waals surface area contributed by atoms with E-state index in [2.05, 4.69) is 25.1 Å². The summed E-state index contributed by atoms with van der Waals surface area (Å²) < 4.78 is 9.25. The van der Waals surface area contributed by atoms with Gasteiger partial charge in [0.15, 0.2) is 5.82 Å². The predicted molar refractivity (Wildman–Crippen MR) is 81.3 cm³/mol. The number of rotatable bonds is 3. The number of nitrogens with zero attached hydrogens (tertiary/aromatic N) is 3. The van der Waals surface area contributed by atoms with E-state index in [9.17, 15) is 14.8 Å². The lowest BCUT2D eigenvalue weighted by atomic mass is 10.1. The SMILES string of the molecule is COC(=O)Nc1cc(N2CCCCC2)nc(NC(=O)OC)[n+]1[O-]. The number of hydrogen-bond acceptors (Lipinski definition) is 7. The van der Waals surface area contributed by atoms with Crippen molar-refractivity contribution in [2.45, 2.75) is 19.3 Å². The van der Waals surface area contributed by atoms with Gasteiger partial charge in [0.2, 0.25) is 5.82 Å². The minimum absolute atomic E-state index is 0.0983. The van der Waals surface area contributed by atoms with Crippen LogP contribution in [-0.2, 0) is 9.47 Å². The maximum Gasteiger partial charge on any atom is 0.460 e. The van der Waals surface area contributed by atoms with Gasteiger partial charge in [-0.15, -0.1) is 0 Å². The van der Waals surface area contributed by atoms with E-state index >= 15 is 0 Å². The third kappa shape index (κ3) is 4.11. The summed E-state index contributed by atoms with van der Waals surface area (Å²) in [5.74, 6) is 0.0970. The van der Waals surface area contributed by atoms with Crippen LogP contribution < -0.4 is 20.3 Å². The molecule has 0 radical (unpaired) electrons. The quantitative estimate of drug-likeness (QED) is 0.630. The van der Waals surface area contributed by atoms with Crippen LogP contribution >= 0.6 is 0 Å². The molecule has 1 aliphatic rings. The van der Waals surface area contributed by atoms with Gasteiger partial charge < -0.3 is 19.6 Å². The molecule has 0 bridgehead atoms. The molecular weight excluding hydrogens is 306 g/mol. The van der Waals surface area contributed by atoms with Crippen molar-refractivity contribution in [1.82, 2.24) is 4.98 Å². The van der Waals surface area contributed by atoms with Gasteiger partial charge in [-0.1, -0.05) is 4.98 Å². The van der Waals surface area contributed by atoms with E-state index < -0.39 is 12.2 Å². The molecule has 10 heteroatoms. The number of carbonyl (C=O) groups excluding carboxylic acids is 2. The zero-order chi connectivity index (χ0) is 16.8. The molecule has 1 aromatic rings. The largest absolute Gasteiger partial charge is 0.754 e. The van der Waals surface area contributed by atoms with E-state index in [1.165, 1.54) is 20.3 Å². The average Bonchev–Trinajstić information content (AvgIpc) is 2.58. The predicted octanol–water partition coefficient (Wildman–Crippen LogP) is 1.06. The molecule has 1 fully saturated rings. The van der Waals surface area contributed by atoms with Crippen LogP contribution in [0.4, 0.5) is 27.2 Å². The van der Waals surface area contributed by atoms with Gasteiger partial charge in [0.05, 0.1) is 20.3 Å². The summed E-state index contributed by atoms with van der Waals surface area (Å²) in [7, 11) is 2.36. The number of nitrogens with one attached hydrogen (secondary N) is 2. The van der Waals surface area contributed by atoms with Crippen molar-refractivity contribution in [2.24, 2.45) is 0 Å². The number of ether oxygens (including phenoxy) is 2. The van der Waals surface area contributed by atoms with Gasteiger partial charge in [-0.25, -0.2) is 19.6 Å². The fraction of sp³-hybridized carbons (Fsp3) is 0.538. The summed E-state index contributed by atoms with van der Waals surface area (Å²) in [4.78, 5) is 28.9. The number of amides is 2. The molecule has 0 unspecified atom stereocenters. The highest BCUT2D eigenvalue weighted by atomic mass is 16.5. The second-order valence-electron chi connectivity index (χ2n) is 4.90. The molecule has 2 amide bonds. The summed E-state index contributed by atoms with van der Waals surface area (Å²) >= 11 is 0.